The van der Waals surface area contributed by atoms with E-state index in [0.717, 1.165) is 17.1 Å². The molecule has 0 aliphatic heterocycles. The summed E-state index contributed by atoms with van der Waals surface area (Å²) in [4.78, 5) is 14.0. The number of fused-ring (bicyclic) bond motifs is 1. The van der Waals surface area contributed by atoms with Crippen LogP contribution >= 0.6 is 11.3 Å². The van der Waals surface area contributed by atoms with Gasteiger partial charge in [-0.25, -0.2) is 4.98 Å². The van der Waals surface area contributed by atoms with Crippen molar-refractivity contribution in [2.24, 2.45) is 0 Å². The molecule has 2 aromatic heterocycles. The lowest BCUT2D eigenvalue weighted by Crippen LogP contribution is -2.29. The van der Waals surface area contributed by atoms with Crippen LogP contribution in [0.2, 0.25) is 0 Å². The van der Waals surface area contributed by atoms with Crippen LogP contribution in [0.25, 0.3) is 10.2 Å². The van der Waals surface area contributed by atoms with Crippen molar-refractivity contribution in [2.75, 3.05) is 24.3 Å². The largest absolute Gasteiger partial charge is 0.357 e. The second-order valence-corrected chi connectivity index (χ2v) is 6.27. The number of aromatic nitrogens is 2. The van der Waals surface area contributed by atoms with E-state index in [1.807, 2.05) is 7.05 Å². The number of hydrogen-bond acceptors (Lipinski definition) is 5. The molecule has 0 radical (unpaired) electrons. The van der Waals surface area contributed by atoms with Gasteiger partial charge in [0.2, 0.25) is 5.95 Å². The highest BCUT2D eigenvalue weighted by Gasteiger charge is 2.17. The lowest BCUT2D eigenvalue weighted by atomic mass is 10.1. The summed E-state index contributed by atoms with van der Waals surface area (Å²) >= 11 is 1.77. The van der Waals surface area contributed by atoms with Crippen molar-refractivity contribution in [2.45, 2.75) is 46.1 Å². The maximum atomic E-state index is 4.68. The van der Waals surface area contributed by atoms with Crippen LogP contribution in [-0.4, -0.2) is 30.1 Å². The molecule has 0 saturated carbocycles. The molecule has 2 rings (SSSR count). The van der Waals surface area contributed by atoms with Crippen molar-refractivity contribution < 1.29 is 0 Å². The average molecular weight is 292 g/mol. The molecule has 4 nitrogen and oxygen atoms in total. The van der Waals surface area contributed by atoms with Crippen LogP contribution in [0.15, 0.2) is 6.07 Å². The molecular formula is C15H24N4S. The molecule has 20 heavy (non-hydrogen) atoms. The van der Waals surface area contributed by atoms with Crippen LogP contribution in [0.5, 0.6) is 0 Å². The first-order valence-electron chi connectivity index (χ1n) is 7.31. The number of nitrogens with zero attached hydrogens (tertiary/aromatic N) is 3. The fourth-order valence-electron chi connectivity index (χ4n) is 2.33. The van der Waals surface area contributed by atoms with Crippen molar-refractivity contribution >= 4 is 33.3 Å². The van der Waals surface area contributed by atoms with Gasteiger partial charge in [0.1, 0.15) is 10.6 Å². The summed E-state index contributed by atoms with van der Waals surface area (Å²) in [6.45, 7) is 6.66. The van der Waals surface area contributed by atoms with E-state index in [1.165, 1.54) is 23.1 Å². The summed E-state index contributed by atoms with van der Waals surface area (Å²) in [5.74, 6) is 1.74. The van der Waals surface area contributed by atoms with Crippen LogP contribution < -0.4 is 10.2 Å². The second-order valence-electron chi connectivity index (χ2n) is 5.15. The van der Waals surface area contributed by atoms with Gasteiger partial charge in [-0.05, 0) is 25.8 Å². The van der Waals surface area contributed by atoms with Crippen LogP contribution in [0.3, 0.4) is 0 Å². The van der Waals surface area contributed by atoms with Crippen LogP contribution in [0, 0.1) is 0 Å². The van der Waals surface area contributed by atoms with Gasteiger partial charge in [-0.2, -0.15) is 4.98 Å². The Balaban J connectivity index is 2.51. The number of rotatable bonds is 6. The van der Waals surface area contributed by atoms with E-state index in [0.29, 0.717) is 12.0 Å². The van der Waals surface area contributed by atoms with Gasteiger partial charge in [-0.15, -0.1) is 11.3 Å². The normalized spacial score (nSPS) is 12.7. The van der Waals surface area contributed by atoms with Crippen molar-refractivity contribution in [1.29, 1.82) is 0 Å². The minimum atomic E-state index is 0.479. The smallest absolute Gasteiger partial charge is 0.225 e. The summed E-state index contributed by atoms with van der Waals surface area (Å²) in [5, 5.41) is 4.25. The quantitative estimate of drug-likeness (QED) is 0.876. The number of thiophene rings is 1. The summed E-state index contributed by atoms with van der Waals surface area (Å²) in [5.41, 5.74) is 0. The Labute approximate surface area is 125 Å². The molecule has 5 heteroatoms. The molecule has 2 aromatic rings. The van der Waals surface area contributed by atoms with E-state index in [9.17, 15) is 0 Å². The molecule has 0 saturated heterocycles. The van der Waals surface area contributed by atoms with Crippen LogP contribution in [0.1, 0.15) is 38.5 Å². The topological polar surface area (TPSA) is 41.1 Å². The molecule has 1 atom stereocenters. The van der Waals surface area contributed by atoms with Gasteiger partial charge in [0.25, 0.3) is 0 Å². The highest BCUT2D eigenvalue weighted by atomic mass is 32.1. The summed E-state index contributed by atoms with van der Waals surface area (Å²) in [6, 6.07) is 2.72. The Morgan fingerprint density at radius 1 is 1.35 bits per heavy atom. The lowest BCUT2D eigenvalue weighted by Gasteiger charge is -2.26. The SMILES string of the molecule is CCCC(C)N(C)c1nc(NC)nc2sc(CC)cc12. The van der Waals surface area contributed by atoms with E-state index in [1.54, 1.807) is 11.3 Å². The predicted molar refractivity (Wildman–Crippen MR) is 89.1 cm³/mol. The third-order valence-corrected chi connectivity index (χ3v) is 4.87. The Hall–Kier alpha value is -1.36. The highest BCUT2D eigenvalue weighted by molar-refractivity contribution is 7.18. The van der Waals surface area contributed by atoms with E-state index in [2.05, 4.69) is 54.1 Å². The van der Waals surface area contributed by atoms with Gasteiger partial charge in [-0.3, -0.25) is 0 Å². The molecule has 0 fully saturated rings. The van der Waals surface area contributed by atoms with E-state index in [4.69, 9.17) is 0 Å². The van der Waals surface area contributed by atoms with Gasteiger partial charge < -0.3 is 10.2 Å². The fourth-order valence-corrected chi connectivity index (χ4v) is 3.29. The zero-order chi connectivity index (χ0) is 14.7. The summed E-state index contributed by atoms with van der Waals surface area (Å²) < 4.78 is 0. The Morgan fingerprint density at radius 2 is 2.10 bits per heavy atom. The van der Waals surface area contributed by atoms with Crippen molar-refractivity contribution in [3.05, 3.63) is 10.9 Å². The zero-order valence-electron chi connectivity index (χ0n) is 13.0. The summed E-state index contributed by atoms with van der Waals surface area (Å²) in [7, 11) is 4.00. The van der Waals surface area contributed by atoms with Crippen molar-refractivity contribution in [3.63, 3.8) is 0 Å². The lowest BCUT2D eigenvalue weighted by molar-refractivity contribution is 0.613. The maximum absolute atomic E-state index is 4.68. The molecule has 1 unspecified atom stereocenters. The number of aryl methyl sites for hydroxylation is 1. The van der Waals surface area contributed by atoms with Gasteiger partial charge in [0.05, 0.1) is 5.39 Å². The zero-order valence-corrected chi connectivity index (χ0v) is 13.8. The van der Waals surface area contributed by atoms with Gasteiger partial charge in [-0.1, -0.05) is 20.3 Å². The molecule has 0 aromatic carbocycles. The molecule has 110 valence electrons. The average Bonchev–Trinajstić information content (AvgIpc) is 2.88. The monoisotopic (exact) mass is 292 g/mol. The van der Waals surface area contributed by atoms with Crippen LogP contribution in [-0.2, 0) is 6.42 Å². The molecule has 0 aliphatic carbocycles. The first-order chi connectivity index (χ1) is 9.60. The van der Waals surface area contributed by atoms with Gasteiger partial charge in [0.15, 0.2) is 0 Å². The van der Waals surface area contributed by atoms with Crippen LogP contribution in [0.4, 0.5) is 11.8 Å². The number of hydrogen-bond donors (Lipinski definition) is 1. The summed E-state index contributed by atoms with van der Waals surface area (Å²) in [6.07, 6.45) is 3.40. The Morgan fingerprint density at radius 3 is 2.70 bits per heavy atom. The third-order valence-electron chi connectivity index (χ3n) is 3.70. The molecule has 1 N–H and O–H groups in total. The fraction of sp³-hybridized carbons (Fsp3) is 0.600. The van der Waals surface area contributed by atoms with Crippen molar-refractivity contribution in [1.82, 2.24) is 9.97 Å². The van der Waals surface area contributed by atoms with Crippen molar-refractivity contribution in [3.8, 4) is 0 Å². The number of nitrogens with one attached hydrogen (secondary N) is 1. The number of anilines is 2. The predicted octanol–water partition coefficient (Wildman–Crippen LogP) is 3.92. The molecule has 2 heterocycles. The molecular weight excluding hydrogens is 268 g/mol. The molecule has 0 spiro atoms. The Kier molecular flexibility index (Phi) is 4.81. The first-order valence-corrected chi connectivity index (χ1v) is 8.13. The second kappa shape index (κ2) is 6.39. The minimum absolute atomic E-state index is 0.479. The van der Waals surface area contributed by atoms with E-state index in [-0.39, 0.29) is 0 Å². The highest BCUT2D eigenvalue weighted by Crippen LogP contribution is 2.32. The Bertz CT molecular complexity index is 579. The first kappa shape index (κ1) is 15.0. The van der Waals surface area contributed by atoms with Gasteiger partial charge in [0, 0.05) is 25.0 Å². The minimum Gasteiger partial charge on any atom is -0.357 e. The molecule has 0 aliphatic rings. The van der Waals surface area contributed by atoms with Gasteiger partial charge >= 0.3 is 0 Å². The van der Waals surface area contributed by atoms with E-state index >= 15 is 0 Å². The standard InChI is InChI=1S/C15H24N4S/c1-6-8-10(3)19(5)13-12-9-11(7-2)20-14(12)18-15(16-4)17-13/h9-10H,6-8H2,1-5H3,(H,16,17,18). The molecule has 0 amide bonds. The van der Waals surface area contributed by atoms with E-state index < -0.39 is 0 Å². The third kappa shape index (κ3) is 2.87. The molecule has 0 bridgehead atoms. The maximum Gasteiger partial charge on any atom is 0.225 e.